The second-order valence-electron chi connectivity index (χ2n) is 7.92. The van der Waals surface area contributed by atoms with Gasteiger partial charge >= 0.3 is 0 Å². The highest BCUT2D eigenvalue weighted by molar-refractivity contribution is 6.31. The largest absolute Gasteiger partial charge is 0.488 e. The zero-order valence-electron chi connectivity index (χ0n) is 18.2. The third-order valence-corrected chi connectivity index (χ3v) is 6.23. The second-order valence-corrected chi connectivity index (χ2v) is 8.32. The third kappa shape index (κ3) is 3.79. The maximum Gasteiger partial charge on any atom is 0.231 e. The highest BCUT2D eigenvalue weighted by Gasteiger charge is 2.30. The molecule has 3 aromatic carbocycles. The van der Waals surface area contributed by atoms with Gasteiger partial charge in [0.2, 0.25) is 5.78 Å². The fourth-order valence-corrected chi connectivity index (χ4v) is 4.33. The highest BCUT2D eigenvalue weighted by Crippen LogP contribution is 2.40. The molecule has 33 heavy (non-hydrogen) atoms. The van der Waals surface area contributed by atoms with Crippen molar-refractivity contribution in [1.29, 1.82) is 0 Å². The summed E-state index contributed by atoms with van der Waals surface area (Å²) < 4.78 is 27.4. The van der Waals surface area contributed by atoms with E-state index in [0.29, 0.717) is 27.6 Å². The Labute approximate surface area is 195 Å². The summed E-state index contributed by atoms with van der Waals surface area (Å²) in [6.07, 6.45) is 3.83. The van der Waals surface area contributed by atoms with Gasteiger partial charge in [0.15, 0.2) is 5.76 Å². The van der Waals surface area contributed by atoms with Gasteiger partial charge < -0.3 is 14.0 Å². The number of hydrogen-bond acceptors (Lipinski definition) is 3. The Bertz CT molecular complexity index is 1440. The molecule has 0 N–H and O–H groups in total. The molecule has 0 radical (unpaired) electrons. The fraction of sp³-hybridized carbons (Fsp3) is 0.148. The summed E-state index contributed by atoms with van der Waals surface area (Å²) in [5.74, 6) is 0.796. The number of halogens is 2. The van der Waals surface area contributed by atoms with Crippen LogP contribution in [0.2, 0.25) is 5.02 Å². The Morgan fingerprint density at radius 2 is 1.97 bits per heavy atom. The molecule has 5 rings (SSSR count). The van der Waals surface area contributed by atoms with Gasteiger partial charge in [-0.05, 0) is 50.3 Å². The Morgan fingerprint density at radius 3 is 2.76 bits per heavy atom. The van der Waals surface area contributed by atoms with Gasteiger partial charge in [-0.25, -0.2) is 4.39 Å². The Morgan fingerprint density at radius 1 is 1.15 bits per heavy atom. The van der Waals surface area contributed by atoms with E-state index >= 15 is 0 Å². The fourth-order valence-electron chi connectivity index (χ4n) is 4.11. The first-order chi connectivity index (χ1) is 16.0. The van der Waals surface area contributed by atoms with Crippen LogP contribution in [-0.4, -0.2) is 10.4 Å². The van der Waals surface area contributed by atoms with Crippen molar-refractivity contribution in [3.05, 3.63) is 99.6 Å². The van der Waals surface area contributed by atoms with Crippen LogP contribution in [0.25, 0.3) is 17.0 Å². The van der Waals surface area contributed by atoms with E-state index in [4.69, 9.17) is 21.1 Å². The molecule has 4 nitrogen and oxygen atoms in total. The molecule has 0 atom stereocenters. The number of ketones is 1. The number of rotatable bonds is 5. The van der Waals surface area contributed by atoms with E-state index in [0.717, 1.165) is 28.6 Å². The van der Waals surface area contributed by atoms with E-state index in [2.05, 4.69) is 17.6 Å². The number of allylic oxidation sites excluding steroid dienone is 1. The number of aromatic nitrogens is 1. The van der Waals surface area contributed by atoms with Crippen molar-refractivity contribution in [2.45, 2.75) is 27.0 Å². The quantitative estimate of drug-likeness (QED) is 0.302. The first-order valence-corrected chi connectivity index (χ1v) is 11.1. The van der Waals surface area contributed by atoms with E-state index in [1.165, 1.54) is 12.1 Å². The van der Waals surface area contributed by atoms with Crippen molar-refractivity contribution in [1.82, 2.24) is 4.57 Å². The maximum absolute atomic E-state index is 13.3. The van der Waals surface area contributed by atoms with Crippen molar-refractivity contribution >= 4 is 34.4 Å². The van der Waals surface area contributed by atoms with E-state index in [9.17, 15) is 9.18 Å². The predicted molar refractivity (Wildman–Crippen MR) is 127 cm³/mol. The number of carbonyl (C=O) groups excluding carboxylic acids is 1. The van der Waals surface area contributed by atoms with Crippen molar-refractivity contribution in [3.8, 4) is 11.5 Å². The number of nitrogens with zero attached hydrogens (tertiary/aromatic N) is 1. The summed E-state index contributed by atoms with van der Waals surface area (Å²) in [4.78, 5) is 13.0. The second kappa shape index (κ2) is 8.41. The van der Waals surface area contributed by atoms with E-state index in [-0.39, 0.29) is 18.1 Å². The van der Waals surface area contributed by atoms with E-state index < -0.39 is 5.82 Å². The van der Waals surface area contributed by atoms with Gasteiger partial charge in [0, 0.05) is 40.3 Å². The normalized spacial score (nSPS) is 14.1. The number of hydrogen-bond donors (Lipinski definition) is 0. The van der Waals surface area contributed by atoms with Crippen molar-refractivity contribution in [2.24, 2.45) is 0 Å². The van der Waals surface area contributed by atoms with E-state index in [1.807, 2.05) is 31.3 Å². The lowest BCUT2D eigenvalue weighted by molar-refractivity contribution is 0.101. The van der Waals surface area contributed by atoms with Gasteiger partial charge in [0.05, 0.1) is 10.6 Å². The first-order valence-electron chi connectivity index (χ1n) is 10.7. The molecule has 0 unspecified atom stereocenters. The number of aryl methyl sites for hydroxylation is 1. The molecule has 0 amide bonds. The van der Waals surface area contributed by atoms with Crippen molar-refractivity contribution in [2.75, 3.05) is 0 Å². The van der Waals surface area contributed by atoms with Crippen LogP contribution in [0, 0.1) is 12.7 Å². The first kappa shape index (κ1) is 21.3. The minimum absolute atomic E-state index is 0.158. The number of para-hydroxylation sites is 1. The van der Waals surface area contributed by atoms with Crippen LogP contribution in [0.4, 0.5) is 4.39 Å². The molecule has 1 aliphatic rings. The number of carbonyl (C=O) groups is 1. The predicted octanol–water partition coefficient (Wildman–Crippen LogP) is 6.96. The monoisotopic (exact) mass is 461 g/mol. The minimum atomic E-state index is -0.397. The summed E-state index contributed by atoms with van der Waals surface area (Å²) in [6.45, 7) is 4.93. The van der Waals surface area contributed by atoms with Crippen LogP contribution in [0.3, 0.4) is 0 Å². The van der Waals surface area contributed by atoms with Gasteiger partial charge in [-0.3, -0.25) is 4.79 Å². The van der Waals surface area contributed by atoms with Gasteiger partial charge in [-0.15, -0.1) is 0 Å². The summed E-state index contributed by atoms with van der Waals surface area (Å²) in [5.41, 5.74) is 3.94. The van der Waals surface area contributed by atoms with Crippen LogP contribution < -0.4 is 9.47 Å². The van der Waals surface area contributed by atoms with Gasteiger partial charge in [0.1, 0.15) is 23.9 Å². The number of ether oxygens (including phenoxy) is 2. The molecular formula is C27H21ClFNO3. The van der Waals surface area contributed by atoms with Crippen LogP contribution in [-0.2, 0) is 13.2 Å². The lowest BCUT2D eigenvalue weighted by Gasteiger charge is -2.12. The number of benzene rings is 3. The Hall–Kier alpha value is -3.57. The summed E-state index contributed by atoms with van der Waals surface area (Å²) in [6, 6.07) is 15.7. The maximum atomic E-state index is 13.3. The molecule has 0 saturated carbocycles. The van der Waals surface area contributed by atoms with Crippen LogP contribution in [0.15, 0.2) is 66.6 Å². The summed E-state index contributed by atoms with van der Waals surface area (Å²) in [5, 5.41) is 1.37. The molecule has 6 heteroatoms. The zero-order chi connectivity index (χ0) is 23.1. The Balaban J connectivity index is 1.44. The van der Waals surface area contributed by atoms with Crippen LogP contribution in [0.1, 0.15) is 34.0 Å². The van der Waals surface area contributed by atoms with Gasteiger partial charge in [0.25, 0.3) is 0 Å². The molecule has 0 aliphatic carbocycles. The average Bonchev–Trinajstić information content (AvgIpc) is 3.33. The van der Waals surface area contributed by atoms with Gasteiger partial charge in [-0.1, -0.05) is 35.9 Å². The molecule has 166 valence electrons. The number of Topliss-reactive ketones (excluding diaryl/α,β-unsaturated/α-hetero) is 1. The standard InChI is InChI=1S/C27H21ClFNO3/c1-3-30-14-18(20-6-4-5-7-23(20)30)12-25-26(31)21-10-11-24(16(2)27(21)33-25)32-15-17-8-9-19(29)13-22(17)28/h4-14H,3,15H2,1-2H3/b25-12-. The van der Waals surface area contributed by atoms with Crippen LogP contribution >= 0.6 is 11.6 Å². The van der Waals surface area contributed by atoms with Crippen molar-refractivity contribution < 1.29 is 18.7 Å². The van der Waals surface area contributed by atoms with E-state index in [1.54, 1.807) is 24.3 Å². The topological polar surface area (TPSA) is 40.5 Å². The molecule has 0 bridgehead atoms. The molecule has 4 aromatic rings. The smallest absolute Gasteiger partial charge is 0.231 e. The highest BCUT2D eigenvalue weighted by atomic mass is 35.5. The summed E-state index contributed by atoms with van der Waals surface area (Å²) in [7, 11) is 0. The molecule has 1 aliphatic heterocycles. The third-order valence-electron chi connectivity index (χ3n) is 5.88. The van der Waals surface area contributed by atoms with Crippen molar-refractivity contribution in [3.63, 3.8) is 0 Å². The summed E-state index contributed by atoms with van der Waals surface area (Å²) >= 11 is 6.10. The molecule has 0 saturated heterocycles. The SMILES string of the molecule is CCn1cc(/C=C2\Oc3c(ccc(OCc4ccc(F)cc4Cl)c3C)C2=O)c2ccccc21. The molecule has 0 spiro atoms. The lowest BCUT2D eigenvalue weighted by atomic mass is 10.1. The number of fused-ring (bicyclic) bond motifs is 2. The molecule has 2 heterocycles. The lowest BCUT2D eigenvalue weighted by Crippen LogP contribution is -1.99. The zero-order valence-corrected chi connectivity index (χ0v) is 18.9. The Kier molecular flexibility index (Phi) is 5.43. The van der Waals surface area contributed by atoms with Gasteiger partial charge in [-0.2, -0.15) is 0 Å². The van der Waals surface area contributed by atoms with Crippen LogP contribution in [0.5, 0.6) is 11.5 Å². The average molecular weight is 462 g/mol. The minimum Gasteiger partial charge on any atom is -0.488 e. The molecule has 1 aromatic heterocycles. The molecular weight excluding hydrogens is 441 g/mol. The molecule has 0 fully saturated rings.